The molecule has 0 radical (unpaired) electrons. The molecule has 3 N–H and O–H groups in total. The number of amides is 2. The van der Waals surface area contributed by atoms with Gasteiger partial charge in [-0.05, 0) is 49.4 Å². The van der Waals surface area contributed by atoms with E-state index in [1.165, 1.54) is 11.3 Å². The zero-order valence-electron chi connectivity index (χ0n) is 15.6. The number of aryl methyl sites for hydroxylation is 1. The zero-order valence-corrected chi connectivity index (χ0v) is 16.4. The molecule has 1 aromatic heterocycles. The van der Waals surface area contributed by atoms with Crippen LogP contribution in [0.4, 0.5) is 5.00 Å². The molecule has 6 nitrogen and oxygen atoms in total. The summed E-state index contributed by atoms with van der Waals surface area (Å²) in [6.07, 6.45) is 5.17. The molecule has 2 aromatic rings. The minimum atomic E-state index is -0.483. The second-order valence-electron chi connectivity index (χ2n) is 6.54. The van der Waals surface area contributed by atoms with E-state index >= 15 is 0 Å². The number of rotatable bonds is 6. The first-order chi connectivity index (χ1) is 13.0. The van der Waals surface area contributed by atoms with Crippen molar-refractivity contribution in [3.8, 4) is 11.5 Å². The Kier molecular flexibility index (Phi) is 6.01. The summed E-state index contributed by atoms with van der Waals surface area (Å²) in [4.78, 5) is 25.8. The summed E-state index contributed by atoms with van der Waals surface area (Å²) in [7, 11) is 3.13. The van der Waals surface area contributed by atoms with E-state index in [0.29, 0.717) is 27.6 Å². The van der Waals surface area contributed by atoms with Gasteiger partial charge in [0.1, 0.15) is 16.5 Å². The SMILES string of the molecule is COc1ccc(OC)c(CC(=O)Nc2sc3c(c2C(N)=O)CCCCC3)c1. The lowest BCUT2D eigenvalue weighted by molar-refractivity contribution is -0.115. The Bertz CT molecular complexity index is 860. The van der Waals surface area contributed by atoms with Crippen LogP contribution in [0.5, 0.6) is 11.5 Å². The van der Waals surface area contributed by atoms with Gasteiger partial charge >= 0.3 is 0 Å². The maximum absolute atomic E-state index is 12.7. The van der Waals surface area contributed by atoms with E-state index in [4.69, 9.17) is 15.2 Å². The van der Waals surface area contributed by atoms with Crippen LogP contribution in [0.15, 0.2) is 18.2 Å². The molecule has 7 heteroatoms. The maximum atomic E-state index is 12.7. The Morgan fingerprint density at radius 2 is 1.93 bits per heavy atom. The Hall–Kier alpha value is -2.54. The van der Waals surface area contributed by atoms with Crippen LogP contribution in [0.25, 0.3) is 0 Å². The molecule has 0 unspecified atom stereocenters. The van der Waals surface area contributed by atoms with Gasteiger partial charge in [-0.1, -0.05) is 6.42 Å². The highest BCUT2D eigenvalue weighted by Gasteiger charge is 2.24. The summed E-state index contributed by atoms with van der Waals surface area (Å²) in [6, 6.07) is 5.32. The number of nitrogens with one attached hydrogen (secondary N) is 1. The van der Waals surface area contributed by atoms with E-state index in [-0.39, 0.29) is 12.3 Å². The van der Waals surface area contributed by atoms with E-state index in [2.05, 4.69) is 5.32 Å². The lowest BCUT2D eigenvalue weighted by Gasteiger charge is -2.11. The molecule has 2 amide bonds. The maximum Gasteiger partial charge on any atom is 0.251 e. The van der Waals surface area contributed by atoms with Crippen LogP contribution in [0, 0.1) is 0 Å². The van der Waals surface area contributed by atoms with Crippen LogP contribution in [-0.2, 0) is 24.1 Å². The average molecular weight is 388 g/mol. The van der Waals surface area contributed by atoms with E-state index in [1.54, 1.807) is 32.4 Å². The highest BCUT2D eigenvalue weighted by Crippen LogP contribution is 2.37. The van der Waals surface area contributed by atoms with Crippen molar-refractivity contribution in [3.63, 3.8) is 0 Å². The number of benzene rings is 1. The number of carbonyl (C=O) groups is 2. The number of carbonyl (C=O) groups excluding carboxylic acids is 2. The molecule has 0 aliphatic heterocycles. The van der Waals surface area contributed by atoms with Crippen molar-refractivity contribution in [3.05, 3.63) is 39.8 Å². The van der Waals surface area contributed by atoms with E-state index < -0.39 is 5.91 Å². The molecule has 1 aromatic carbocycles. The Labute approximate surface area is 162 Å². The van der Waals surface area contributed by atoms with Crippen molar-refractivity contribution in [1.82, 2.24) is 0 Å². The van der Waals surface area contributed by atoms with Crippen molar-refractivity contribution < 1.29 is 19.1 Å². The topological polar surface area (TPSA) is 90.7 Å². The summed E-state index contributed by atoms with van der Waals surface area (Å²) in [5.41, 5.74) is 7.83. The van der Waals surface area contributed by atoms with Crippen molar-refractivity contribution >= 4 is 28.2 Å². The van der Waals surface area contributed by atoms with Gasteiger partial charge < -0.3 is 20.5 Å². The predicted octanol–water partition coefficient (Wildman–Crippen LogP) is 3.31. The highest BCUT2D eigenvalue weighted by molar-refractivity contribution is 7.17. The van der Waals surface area contributed by atoms with Gasteiger partial charge in [0, 0.05) is 10.4 Å². The standard InChI is InChI=1S/C20H24N2O4S/c1-25-13-8-9-15(26-2)12(10-13)11-17(23)22-20-18(19(21)24)14-6-4-3-5-7-16(14)27-20/h8-10H,3-7,11H2,1-2H3,(H2,21,24)(H,22,23). The van der Waals surface area contributed by atoms with Gasteiger partial charge in [-0.2, -0.15) is 0 Å². The van der Waals surface area contributed by atoms with Crippen LogP contribution >= 0.6 is 11.3 Å². The van der Waals surface area contributed by atoms with Crippen LogP contribution in [-0.4, -0.2) is 26.0 Å². The molecule has 0 bridgehead atoms. The zero-order chi connectivity index (χ0) is 19.4. The predicted molar refractivity (Wildman–Crippen MR) is 106 cm³/mol. The number of anilines is 1. The molecule has 0 atom stereocenters. The molecule has 1 aliphatic rings. The van der Waals surface area contributed by atoms with Crippen molar-refractivity contribution in [2.45, 2.75) is 38.5 Å². The van der Waals surface area contributed by atoms with E-state index in [0.717, 1.165) is 42.5 Å². The van der Waals surface area contributed by atoms with E-state index in [1.807, 2.05) is 0 Å². The minimum absolute atomic E-state index is 0.112. The summed E-state index contributed by atoms with van der Waals surface area (Å²) < 4.78 is 10.6. The largest absolute Gasteiger partial charge is 0.497 e. The number of methoxy groups -OCH3 is 2. The quantitative estimate of drug-likeness (QED) is 0.743. The summed E-state index contributed by atoms with van der Waals surface area (Å²) in [5, 5.41) is 3.45. The average Bonchev–Trinajstić information content (AvgIpc) is 2.82. The molecule has 27 heavy (non-hydrogen) atoms. The fraction of sp³-hybridized carbons (Fsp3) is 0.400. The van der Waals surface area contributed by atoms with Crippen LogP contribution in [0.1, 0.15) is 45.6 Å². The lowest BCUT2D eigenvalue weighted by Crippen LogP contribution is -2.19. The Balaban J connectivity index is 1.83. The normalized spacial score (nSPS) is 13.4. The smallest absolute Gasteiger partial charge is 0.251 e. The molecule has 0 saturated carbocycles. The molecular weight excluding hydrogens is 364 g/mol. The van der Waals surface area contributed by atoms with Gasteiger partial charge in [-0.3, -0.25) is 9.59 Å². The van der Waals surface area contributed by atoms with Crippen LogP contribution in [0.2, 0.25) is 0 Å². The number of fused-ring (bicyclic) bond motifs is 1. The molecule has 3 rings (SSSR count). The second kappa shape index (κ2) is 8.43. The van der Waals surface area contributed by atoms with Crippen molar-refractivity contribution in [1.29, 1.82) is 0 Å². The summed E-state index contributed by atoms with van der Waals surface area (Å²) in [5.74, 6) is 0.562. The fourth-order valence-corrected chi connectivity index (χ4v) is 4.77. The fourth-order valence-electron chi connectivity index (χ4n) is 3.46. The number of hydrogen-bond donors (Lipinski definition) is 2. The van der Waals surface area contributed by atoms with Gasteiger partial charge in [0.2, 0.25) is 5.91 Å². The number of ether oxygens (including phenoxy) is 2. The van der Waals surface area contributed by atoms with Gasteiger partial charge in [-0.15, -0.1) is 11.3 Å². The minimum Gasteiger partial charge on any atom is -0.497 e. The molecule has 0 fully saturated rings. The third-order valence-electron chi connectivity index (χ3n) is 4.76. The second-order valence-corrected chi connectivity index (χ2v) is 7.64. The first kappa shape index (κ1) is 19.2. The number of thiophene rings is 1. The van der Waals surface area contributed by atoms with Gasteiger partial charge in [0.15, 0.2) is 0 Å². The molecule has 1 heterocycles. The monoisotopic (exact) mass is 388 g/mol. The van der Waals surface area contributed by atoms with Gasteiger partial charge in [-0.25, -0.2) is 0 Å². The Morgan fingerprint density at radius 3 is 2.63 bits per heavy atom. The summed E-state index contributed by atoms with van der Waals surface area (Å²) in [6.45, 7) is 0. The first-order valence-corrected chi connectivity index (χ1v) is 9.80. The van der Waals surface area contributed by atoms with Crippen molar-refractivity contribution in [2.24, 2.45) is 5.73 Å². The molecular formula is C20H24N2O4S. The third kappa shape index (κ3) is 4.24. The van der Waals surface area contributed by atoms with E-state index in [9.17, 15) is 9.59 Å². The first-order valence-electron chi connectivity index (χ1n) is 8.98. The highest BCUT2D eigenvalue weighted by atomic mass is 32.1. The lowest BCUT2D eigenvalue weighted by atomic mass is 10.0. The molecule has 144 valence electrons. The van der Waals surface area contributed by atoms with Crippen molar-refractivity contribution in [2.75, 3.05) is 19.5 Å². The van der Waals surface area contributed by atoms with Crippen LogP contribution < -0.4 is 20.5 Å². The molecule has 1 aliphatic carbocycles. The van der Waals surface area contributed by atoms with Gasteiger partial charge in [0.05, 0.1) is 26.2 Å². The third-order valence-corrected chi connectivity index (χ3v) is 5.97. The van der Waals surface area contributed by atoms with Gasteiger partial charge in [0.25, 0.3) is 5.91 Å². The molecule has 0 spiro atoms. The number of nitrogens with two attached hydrogens (primary N) is 1. The van der Waals surface area contributed by atoms with Crippen LogP contribution in [0.3, 0.4) is 0 Å². The summed E-state index contributed by atoms with van der Waals surface area (Å²) >= 11 is 1.47. The molecule has 0 saturated heterocycles. The number of hydrogen-bond acceptors (Lipinski definition) is 5. The number of primary amides is 1. The Morgan fingerprint density at radius 1 is 1.15 bits per heavy atom.